The molecule has 0 aromatic heterocycles. The van der Waals surface area contributed by atoms with E-state index in [4.69, 9.17) is 14.2 Å². The van der Waals surface area contributed by atoms with Gasteiger partial charge in [-0.15, -0.1) is 0 Å². The number of benzene rings is 2. The smallest absolute Gasteiger partial charge is 0.336 e. The Labute approximate surface area is 165 Å². The van der Waals surface area contributed by atoms with Crippen molar-refractivity contribution in [2.24, 2.45) is 5.41 Å². The van der Waals surface area contributed by atoms with E-state index >= 15 is 0 Å². The van der Waals surface area contributed by atoms with E-state index in [1.807, 2.05) is 45.0 Å². The van der Waals surface area contributed by atoms with Gasteiger partial charge in [-0.25, -0.2) is 4.79 Å². The fourth-order valence-electron chi connectivity index (χ4n) is 2.17. The van der Waals surface area contributed by atoms with Gasteiger partial charge in [0.05, 0.1) is 12.5 Å². The third-order valence-electron chi connectivity index (χ3n) is 4.48. The summed E-state index contributed by atoms with van der Waals surface area (Å²) < 4.78 is 15.7. The summed E-state index contributed by atoms with van der Waals surface area (Å²) in [5, 5.41) is 0. The van der Waals surface area contributed by atoms with Crippen LogP contribution in [-0.4, -0.2) is 19.0 Å². The Kier molecular flexibility index (Phi) is 7.38. The SMILES string of the molecule is CCC(C)(C)C(=O)OCc1ccc(OC(=O)/C=C/c2ccc(OC)cc2)cc1. The molecule has 0 fully saturated rings. The molecule has 5 nitrogen and oxygen atoms in total. The van der Waals surface area contributed by atoms with Gasteiger partial charge in [0, 0.05) is 6.08 Å². The summed E-state index contributed by atoms with van der Waals surface area (Å²) in [6.45, 7) is 5.86. The molecular weight excluding hydrogens is 356 g/mol. The van der Waals surface area contributed by atoms with Crippen LogP contribution < -0.4 is 9.47 Å². The number of carbonyl (C=O) groups is 2. The first-order chi connectivity index (χ1) is 13.3. The molecular formula is C23H26O5. The summed E-state index contributed by atoms with van der Waals surface area (Å²) in [6, 6.07) is 14.2. The van der Waals surface area contributed by atoms with Gasteiger partial charge in [-0.05, 0) is 61.7 Å². The Balaban J connectivity index is 1.86. The number of esters is 2. The normalized spacial score (nSPS) is 11.3. The second-order valence-electron chi connectivity index (χ2n) is 6.99. The molecule has 0 aliphatic rings. The average Bonchev–Trinajstić information content (AvgIpc) is 2.71. The van der Waals surface area contributed by atoms with Crippen molar-refractivity contribution >= 4 is 18.0 Å². The number of ether oxygens (including phenoxy) is 3. The van der Waals surface area contributed by atoms with Gasteiger partial charge in [0.2, 0.25) is 0 Å². The third kappa shape index (κ3) is 6.27. The van der Waals surface area contributed by atoms with Gasteiger partial charge < -0.3 is 14.2 Å². The zero-order chi connectivity index (χ0) is 20.6. The van der Waals surface area contributed by atoms with Crippen LogP contribution in [0.3, 0.4) is 0 Å². The Morgan fingerprint density at radius 1 is 0.964 bits per heavy atom. The maximum Gasteiger partial charge on any atom is 0.336 e. The largest absolute Gasteiger partial charge is 0.497 e. The summed E-state index contributed by atoms with van der Waals surface area (Å²) in [4.78, 5) is 23.9. The number of carbonyl (C=O) groups excluding carboxylic acids is 2. The van der Waals surface area contributed by atoms with Gasteiger partial charge in [0.15, 0.2) is 0 Å². The highest BCUT2D eigenvalue weighted by atomic mass is 16.5. The number of hydrogen-bond donors (Lipinski definition) is 0. The summed E-state index contributed by atoms with van der Waals surface area (Å²) >= 11 is 0. The van der Waals surface area contributed by atoms with Crippen molar-refractivity contribution in [3.63, 3.8) is 0 Å². The summed E-state index contributed by atoms with van der Waals surface area (Å²) in [6.07, 6.45) is 3.75. The second kappa shape index (κ2) is 9.74. The maximum absolute atomic E-state index is 12.0. The zero-order valence-corrected chi connectivity index (χ0v) is 16.7. The van der Waals surface area contributed by atoms with Crippen molar-refractivity contribution in [3.8, 4) is 11.5 Å². The van der Waals surface area contributed by atoms with Crippen molar-refractivity contribution < 1.29 is 23.8 Å². The molecule has 0 saturated heterocycles. The molecule has 0 unspecified atom stereocenters. The molecule has 0 aliphatic heterocycles. The molecule has 0 saturated carbocycles. The Hall–Kier alpha value is -3.08. The quantitative estimate of drug-likeness (QED) is 0.373. The standard InChI is InChI=1S/C23H26O5/c1-5-23(2,3)22(25)27-16-18-8-13-20(14-9-18)28-21(24)15-10-17-6-11-19(26-4)12-7-17/h6-15H,5,16H2,1-4H3/b15-10+. The fourth-order valence-corrected chi connectivity index (χ4v) is 2.17. The van der Waals surface area contributed by atoms with Crippen LogP contribution in [0, 0.1) is 5.41 Å². The molecule has 0 amide bonds. The van der Waals surface area contributed by atoms with Crippen LogP contribution in [-0.2, 0) is 20.9 Å². The highest BCUT2D eigenvalue weighted by molar-refractivity contribution is 5.88. The molecule has 0 bridgehead atoms. The number of hydrogen-bond acceptors (Lipinski definition) is 5. The second-order valence-corrected chi connectivity index (χ2v) is 6.99. The van der Waals surface area contributed by atoms with Gasteiger partial charge in [-0.2, -0.15) is 0 Å². The molecule has 0 aliphatic carbocycles. The highest BCUT2D eigenvalue weighted by Gasteiger charge is 2.26. The van der Waals surface area contributed by atoms with Crippen LogP contribution in [0.5, 0.6) is 11.5 Å². The van der Waals surface area contributed by atoms with Crippen molar-refractivity contribution in [3.05, 3.63) is 65.7 Å². The van der Waals surface area contributed by atoms with E-state index in [0.717, 1.165) is 16.9 Å². The topological polar surface area (TPSA) is 61.8 Å². The molecule has 0 N–H and O–H groups in total. The molecule has 2 aromatic rings. The minimum absolute atomic E-state index is 0.188. The van der Waals surface area contributed by atoms with Crippen LogP contribution in [0.2, 0.25) is 0 Å². The van der Waals surface area contributed by atoms with Gasteiger partial charge >= 0.3 is 11.9 Å². The molecule has 2 aromatic carbocycles. The van der Waals surface area contributed by atoms with Crippen molar-refractivity contribution in [1.82, 2.24) is 0 Å². The van der Waals surface area contributed by atoms with Crippen molar-refractivity contribution in [1.29, 1.82) is 0 Å². The van der Waals surface area contributed by atoms with Crippen molar-refractivity contribution in [2.75, 3.05) is 7.11 Å². The van der Waals surface area contributed by atoms with Gasteiger partial charge in [0.1, 0.15) is 18.1 Å². The summed E-state index contributed by atoms with van der Waals surface area (Å²) in [7, 11) is 1.60. The number of methoxy groups -OCH3 is 1. The van der Waals surface area contributed by atoms with Crippen LogP contribution in [0.4, 0.5) is 0 Å². The molecule has 0 spiro atoms. The molecule has 148 valence electrons. The fraction of sp³-hybridized carbons (Fsp3) is 0.304. The first-order valence-corrected chi connectivity index (χ1v) is 9.14. The van der Waals surface area contributed by atoms with Crippen molar-refractivity contribution in [2.45, 2.75) is 33.8 Å². The van der Waals surface area contributed by atoms with Crippen LogP contribution >= 0.6 is 0 Å². The van der Waals surface area contributed by atoms with E-state index in [9.17, 15) is 9.59 Å². The molecule has 0 heterocycles. The minimum Gasteiger partial charge on any atom is -0.497 e. The molecule has 28 heavy (non-hydrogen) atoms. The van der Waals surface area contributed by atoms with Crippen LogP contribution in [0.15, 0.2) is 54.6 Å². The lowest BCUT2D eigenvalue weighted by Crippen LogP contribution is -2.25. The molecule has 2 rings (SSSR count). The van der Waals surface area contributed by atoms with E-state index < -0.39 is 11.4 Å². The predicted octanol–water partition coefficient (Wildman–Crippen LogP) is 4.79. The van der Waals surface area contributed by atoms with Crippen LogP contribution in [0.1, 0.15) is 38.3 Å². The highest BCUT2D eigenvalue weighted by Crippen LogP contribution is 2.22. The summed E-state index contributed by atoms with van der Waals surface area (Å²) in [5.74, 6) is 0.478. The molecule has 5 heteroatoms. The average molecular weight is 382 g/mol. The van der Waals surface area contributed by atoms with E-state index in [-0.39, 0.29) is 12.6 Å². The third-order valence-corrected chi connectivity index (χ3v) is 4.48. The Morgan fingerprint density at radius 3 is 2.14 bits per heavy atom. The predicted molar refractivity (Wildman–Crippen MR) is 108 cm³/mol. The first kappa shape index (κ1) is 21.2. The Morgan fingerprint density at radius 2 is 1.57 bits per heavy atom. The van der Waals surface area contributed by atoms with Gasteiger partial charge in [-0.1, -0.05) is 31.2 Å². The lowest BCUT2D eigenvalue weighted by molar-refractivity contribution is -0.155. The van der Waals surface area contributed by atoms with Crippen LogP contribution in [0.25, 0.3) is 6.08 Å². The van der Waals surface area contributed by atoms with E-state index in [2.05, 4.69) is 0 Å². The summed E-state index contributed by atoms with van der Waals surface area (Å²) in [5.41, 5.74) is 1.20. The van der Waals surface area contributed by atoms with Gasteiger partial charge in [0.25, 0.3) is 0 Å². The maximum atomic E-state index is 12.0. The van der Waals surface area contributed by atoms with E-state index in [1.165, 1.54) is 6.08 Å². The number of rotatable bonds is 8. The minimum atomic E-state index is -0.494. The molecule has 0 radical (unpaired) electrons. The lowest BCUT2D eigenvalue weighted by atomic mass is 9.91. The first-order valence-electron chi connectivity index (χ1n) is 9.14. The van der Waals surface area contributed by atoms with E-state index in [1.54, 1.807) is 37.5 Å². The molecule has 0 atom stereocenters. The Bertz CT molecular complexity index is 817. The van der Waals surface area contributed by atoms with E-state index in [0.29, 0.717) is 12.2 Å². The van der Waals surface area contributed by atoms with Gasteiger partial charge in [-0.3, -0.25) is 4.79 Å². The zero-order valence-electron chi connectivity index (χ0n) is 16.7. The monoisotopic (exact) mass is 382 g/mol. The lowest BCUT2D eigenvalue weighted by Gasteiger charge is -2.20.